The van der Waals surface area contributed by atoms with Crippen LogP contribution >= 0.6 is 0 Å². The molecule has 19 heavy (non-hydrogen) atoms. The monoisotopic (exact) mass is 264 g/mol. The molecular weight excluding hydrogens is 240 g/mol. The number of hydrogen-bond donors (Lipinski definition) is 1. The second-order valence-corrected chi connectivity index (χ2v) is 5.26. The van der Waals surface area contributed by atoms with E-state index in [0.29, 0.717) is 5.92 Å². The van der Waals surface area contributed by atoms with Gasteiger partial charge in [0.1, 0.15) is 11.6 Å². The van der Waals surface area contributed by atoms with Crippen molar-refractivity contribution in [3.8, 4) is 0 Å². The zero-order chi connectivity index (χ0) is 13.7. The first-order valence-corrected chi connectivity index (χ1v) is 6.95. The van der Waals surface area contributed by atoms with Crippen LogP contribution in [-0.2, 0) is 11.3 Å². The standard InChI is InChI=1S/C14H24N4O/c1-11-7-13(15-2)17-14(16-11)9-18-6-4-5-12(8-18)10-19-3/h7,12H,4-6,8-10H2,1-3H3,(H,15,16,17). The number of nitrogens with zero attached hydrogens (tertiary/aromatic N) is 3. The minimum atomic E-state index is 0.646. The van der Waals surface area contributed by atoms with Crippen molar-refractivity contribution in [1.82, 2.24) is 14.9 Å². The first kappa shape index (κ1) is 14.2. The minimum absolute atomic E-state index is 0.646. The normalized spacial score (nSPS) is 20.5. The first-order chi connectivity index (χ1) is 9.21. The molecule has 0 spiro atoms. The van der Waals surface area contributed by atoms with Crippen LogP contribution in [0.25, 0.3) is 0 Å². The lowest BCUT2D eigenvalue weighted by Crippen LogP contribution is -2.37. The fourth-order valence-electron chi connectivity index (χ4n) is 2.70. The molecule has 1 fully saturated rings. The summed E-state index contributed by atoms with van der Waals surface area (Å²) >= 11 is 0. The van der Waals surface area contributed by atoms with Crippen molar-refractivity contribution in [1.29, 1.82) is 0 Å². The molecule has 1 aliphatic rings. The largest absolute Gasteiger partial charge is 0.384 e. The molecular formula is C14H24N4O. The van der Waals surface area contributed by atoms with E-state index in [4.69, 9.17) is 4.74 Å². The number of ether oxygens (including phenoxy) is 1. The highest BCUT2D eigenvalue weighted by Crippen LogP contribution is 2.18. The van der Waals surface area contributed by atoms with E-state index in [9.17, 15) is 0 Å². The summed E-state index contributed by atoms with van der Waals surface area (Å²) in [5, 5.41) is 3.08. The van der Waals surface area contributed by atoms with Crippen LogP contribution in [0, 0.1) is 12.8 Å². The van der Waals surface area contributed by atoms with Crippen LogP contribution in [0.1, 0.15) is 24.4 Å². The Hall–Kier alpha value is -1.20. The van der Waals surface area contributed by atoms with Gasteiger partial charge in [-0.05, 0) is 32.2 Å². The average molecular weight is 264 g/mol. The molecule has 1 aliphatic heterocycles. The first-order valence-electron chi connectivity index (χ1n) is 6.95. The van der Waals surface area contributed by atoms with Gasteiger partial charge in [-0.1, -0.05) is 0 Å². The average Bonchev–Trinajstić information content (AvgIpc) is 2.39. The third-order valence-electron chi connectivity index (χ3n) is 3.53. The molecule has 5 nitrogen and oxygen atoms in total. The number of aryl methyl sites for hydroxylation is 1. The van der Waals surface area contributed by atoms with Gasteiger partial charge < -0.3 is 10.1 Å². The van der Waals surface area contributed by atoms with Crippen LogP contribution in [0.2, 0.25) is 0 Å². The van der Waals surface area contributed by atoms with Crippen molar-refractivity contribution in [2.24, 2.45) is 5.92 Å². The molecule has 106 valence electrons. The molecule has 0 amide bonds. The maximum absolute atomic E-state index is 5.27. The highest BCUT2D eigenvalue weighted by Gasteiger charge is 2.20. The van der Waals surface area contributed by atoms with E-state index >= 15 is 0 Å². The fourth-order valence-corrected chi connectivity index (χ4v) is 2.70. The minimum Gasteiger partial charge on any atom is -0.384 e. The lowest BCUT2D eigenvalue weighted by molar-refractivity contribution is 0.0861. The van der Waals surface area contributed by atoms with E-state index < -0.39 is 0 Å². The van der Waals surface area contributed by atoms with Gasteiger partial charge in [-0.15, -0.1) is 0 Å². The Morgan fingerprint density at radius 1 is 1.47 bits per heavy atom. The second-order valence-electron chi connectivity index (χ2n) is 5.26. The lowest BCUT2D eigenvalue weighted by atomic mass is 9.99. The Kier molecular flexibility index (Phi) is 5.10. The molecule has 1 unspecified atom stereocenters. The predicted octanol–water partition coefficient (Wildman–Crippen LogP) is 1.69. The number of likely N-dealkylation sites (tertiary alicyclic amines) is 1. The summed E-state index contributed by atoms with van der Waals surface area (Å²) in [6.07, 6.45) is 2.50. The van der Waals surface area contributed by atoms with Gasteiger partial charge in [-0.2, -0.15) is 0 Å². The van der Waals surface area contributed by atoms with Gasteiger partial charge in [0.2, 0.25) is 0 Å². The van der Waals surface area contributed by atoms with E-state index in [1.807, 2.05) is 20.0 Å². The quantitative estimate of drug-likeness (QED) is 0.877. The van der Waals surface area contributed by atoms with E-state index in [1.165, 1.54) is 12.8 Å². The van der Waals surface area contributed by atoms with E-state index in [0.717, 1.165) is 43.6 Å². The van der Waals surface area contributed by atoms with Crippen molar-refractivity contribution in [3.05, 3.63) is 17.6 Å². The molecule has 2 rings (SSSR count). The van der Waals surface area contributed by atoms with Gasteiger partial charge in [0.15, 0.2) is 0 Å². The van der Waals surface area contributed by atoms with E-state index in [2.05, 4.69) is 20.2 Å². The molecule has 1 atom stereocenters. The van der Waals surface area contributed by atoms with Crippen molar-refractivity contribution in [2.45, 2.75) is 26.3 Å². The topological polar surface area (TPSA) is 50.3 Å². The molecule has 5 heteroatoms. The summed E-state index contributed by atoms with van der Waals surface area (Å²) < 4.78 is 5.27. The Bertz CT molecular complexity index is 408. The third-order valence-corrected chi connectivity index (χ3v) is 3.53. The number of piperidine rings is 1. The zero-order valence-corrected chi connectivity index (χ0v) is 12.1. The molecule has 0 aliphatic carbocycles. The smallest absolute Gasteiger partial charge is 0.144 e. The number of hydrogen-bond acceptors (Lipinski definition) is 5. The van der Waals surface area contributed by atoms with Gasteiger partial charge in [0.25, 0.3) is 0 Å². The Balaban J connectivity index is 1.98. The molecule has 1 aromatic rings. The summed E-state index contributed by atoms with van der Waals surface area (Å²) in [5.41, 5.74) is 1.01. The SMILES string of the molecule is CNc1cc(C)nc(CN2CCCC(COC)C2)n1. The van der Waals surface area contributed by atoms with Crippen molar-refractivity contribution < 1.29 is 4.74 Å². The Morgan fingerprint density at radius 3 is 3.05 bits per heavy atom. The van der Waals surface area contributed by atoms with Crippen LogP contribution in [0.5, 0.6) is 0 Å². The van der Waals surface area contributed by atoms with Crippen molar-refractivity contribution in [2.75, 3.05) is 39.2 Å². The molecule has 0 aromatic carbocycles. The molecule has 1 aromatic heterocycles. The molecule has 0 saturated carbocycles. The van der Waals surface area contributed by atoms with Crippen LogP contribution in [0.3, 0.4) is 0 Å². The van der Waals surface area contributed by atoms with E-state index in [-0.39, 0.29) is 0 Å². The Labute approximate surface area is 115 Å². The molecule has 0 radical (unpaired) electrons. The number of anilines is 1. The number of methoxy groups -OCH3 is 1. The maximum Gasteiger partial charge on any atom is 0.144 e. The molecule has 1 N–H and O–H groups in total. The highest BCUT2D eigenvalue weighted by atomic mass is 16.5. The summed E-state index contributed by atoms with van der Waals surface area (Å²) in [5.74, 6) is 2.45. The molecule has 1 saturated heterocycles. The predicted molar refractivity (Wildman–Crippen MR) is 76.2 cm³/mol. The van der Waals surface area contributed by atoms with Crippen molar-refractivity contribution >= 4 is 5.82 Å². The summed E-state index contributed by atoms with van der Waals surface area (Å²) in [6, 6.07) is 1.97. The van der Waals surface area contributed by atoms with Crippen LogP contribution < -0.4 is 5.32 Å². The van der Waals surface area contributed by atoms with Crippen molar-refractivity contribution in [3.63, 3.8) is 0 Å². The second kappa shape index (κ2) is 6.82. The highest BCUT2D eigenvalue weighted by molar-refractivity contribution is 5.34. The molecule has 0 bridgehead atoms. The number of aromatic nitrogens is 2. The van der Waals surface area contributed by atoms with Crippen LogP contribution in [-0.4, -0.2) is 48.7 Å². The lowest BCUT2D eigenvalue weighted by Gasteiger charge is -2.31. The third kappa shape index (κ3) is 4.14. The van der Waals surface area contributed by atoms with Gasteiger partial charge in [-0.3, -0.25) is 4.90 Å². The fraction of sp³-hybridized carbons (Fsp3) is 0.714. The number of rotatable bonds is 5. The van der Waals surface area contributed by atoms with Crippen LogP contribution in [0.4, 0.5) is 5.82 Å². The maximum atomic E-state index is 5.27. The van der Waals surface area contributed by atoms with Gasteiger partial charge in [-0.25, -0.2) is 9.97 Å². The van der Waals surface area contributed by atoms with Gasteiger partial charge in [0, 0.05) is 32.5 Å². The summed E-state index contributed by atoms with van der Waals surface area (Å²) in [4.78, 5) is 11.5. The Morgan fingerprint density at radius 2 is 2.32 bits per heavy atom. The summed E-state index contributed by atoms with van der Waals surface area (Å²) in [6.45, 7) is 5.91. The molecule has 2 heterocycles. The van der Waals surface area contributed by atoms with Gasteiger partial charge >= 0.3 is 0 Å². The summed E-state index contributed by atoms with van der Waals surface area (Å²) in [7, 11) is 3.67. The zero-order valence-electron chi connectivity index (χ0n) is 12.1. The van der Waals surface area contributed by atoms with Gasteiger partial charge in [0.05, 0.1) is 13.2 Å². The number of nitrogens with one attached hydrogen (secondary N) is 1. The van der Waals surface area contributed by atoms with Crippen LogP contribution in [0.15, 0.2) is 6.07 Å². The van der Waals surface area contributed by atoms with E-state index in [1.54, 1.807) is 7.11 Å².